The van der Waals surface area contributed by atoms with Crippen molar-refractivity contribution in [2.24, 2.45) is 10.5 Å². The highest BCUT2D eigenvalue weighted by atomic mass is 79.9. The molecule has 0 radical (unpaired) electrons. The van der Waals surface area contributed by atoms with E-state index >= 15 is 0 Å². The van der Waals surface area contributed by atoms with Crippen LogP contribution in [0.15, 0.2) is 76.4 Å². The van der Waals surface area contributed by atoms with E-state index in [1.165, 1.54) is 5.69 Å². The summed E-state index contributed by atoms with van der Waals surface area (Å²) in [5.74, 6) is 0.948. The quantitative estimate of drug-likeness (QED) is 0.454. The third-order valence-electron chi connectivity index (χ3n) is 7.28. The van der Waals surface area contributed by atoms with E-state index in [-0.39, 0.29) is 11.9 Å². The van der Waals surface area contributed by atoms with Crippen LogP contribution in [0.3, 0.4) is 0 Å². The standard InChI is InChI=1S/C26H23BrClN5O/c1-17-26(25(34)33(30-17)21-8-6-20(28)7-9-21)15-18-14-19(27)5-10-22(18)32-13-12-31(16-23(26)32)24-4-2-3-11-29-24/h2-11,14,23H,12-13,15-16H2,1H3/t23-,26-/m1/s1. The summed E-state index contributed by atoms with van der Waals surface area (Å²) in [5.41, 5.74) is 3.18. The molecule has 1 fully saturated rings. The van der Waals surface area contributed by atoms with Crippen molar-refractivity contribution in [3.63, 3.8) is 0 Å². The summed E-state index contributed by atoms with van der Waals surface area (Å²) >= 11 is 9.73. The minimum Gasteiger partial charge on any atom is -0.363 e. The van der Waals surface area contributed by atoms with Gasteiger partial charge in [-0.2, -0.15) is 10.1 Å². The summed E-state index contributed by atoms with van der Waals surface area (Å²) in [7, 11) is 0. The molecule has 3 aliphatic heterocycles. The molecule has 6 nitrogen and oxygen atoms in total. The number of fused-ring (bicyclic) bond motifs is 4. The van der Waals surface area contributed by atoms with Crippen molar-refractivity contribution in [2.45, 2.75) is 19.4 Å². The Hall–Kier alpha value is -2.90. The normalized spacial score (nSPS) is 23.7. The summed E-state index contributed by atoms with van der Waals surface area (Å²) in [6.45, 7) is 4.33. The van der Waals surface area contributed by atoms with E-state index in [0.29, 0.717) is 18.0 Å². The molecule has 4 heterocycles. The molecule has 1 saturated heterocycles. The second kappa shape index (κ2) is 8.10. The first-order chi connectivity index (χ1) is 16.5. The summed E-state index contributed by atoms with van der Waals surface area (Å²) < 4.78 is 1.02. The number of hydrogen-bond acceptors (Lipinski definition) is 5. The van der Waals surface area contributed by atoms with E-state index in [4.69, 9.17) is 16.7 Å². The molecule has 3 aromatic rings. The fraction of sp³-hybridized carbons (Fsp3) is 0.269. The second-order valence-corrected chi connectivity index (χ2v) is 10.4. The molecule has 0 aliphatic carbocycles. The number of piperazine rings is 1. The van der Waals surface area contributed by atoms with Crippen LogP contribution in [0, 0.1) is 5.41 Å². The summed E-state index contributed by atoms with van der Waals surface area (Å²) in [4.78, 5) is 23.6. The van der Waals surface area contributed by atoms with Crippen molar-refractivity contribution in [2.75, 3.05) is 34.4 Å². The Labute approximate surface area is 212 Å². The molecule has 2 aromatic carbocycles. The van der Waals surface area contributed by atoms with Crippen LogP contribution in [-0.4, -0.2) is 42.3 Å². The van der Waals surface area contributed by atoms with Crippen molar-refractivity contribution in [1.82, 2.24) is 4.98 Å². The van der Waals surface area contributed by atoms with E-state index in [1.807, 2.05) is 43.5 Å². The van der Waals surface area contributed by atoms with Gasteiger partial charge in [-0.1, -0.05) is 33.6 Å². The maximum absolute atomic E-state index is 14.3. The van der Waals surface area contributed by atoms with Crippen molar-refractivity contribution in [3.05, 3.63) is 81.9 Å². The van der Waals surface area contributed by atoms with Crippen molar-refractivity contribution in [3.8, 4) is 0 Å². The molecule has 1 spiro atoms. The van der Waals surface area contributed by atoms with E-state index in [1.54, 1.807) is 17.1 Å². The lowest BCUT2D eigenvalue weighted by atomic mass is 9.67. The first kappa shape index (κ1) is 21.6. The van der Waals surface area contributed by atoms with Crippen LogP contribution in [-0.2, 0) is 11.2 Å². The number of anilines is 3. The minimum absolute atomic E-state index is 0.0100. The highest BCUT2D eigenvalue weighted by Gasteiger charge is 2.60. The molecule has 172 valence electrons. The lowest BCUT2D eigenvalue weighted by molar-refractivity contribution is -0.125. The Morgan fingerprint density at radius 2 is 1.91 bits per heavy atom. The lowest BCUT2D eigenvalue weighted by Gasteiger charge is -2.53. The topological polar surface area (TPSA) is 52.0 Å². The third kappa shape index (κ3) is 3.25. The fourth-order valence-corrected chi connectivity index (χ4v) is 6.14. The summed E-state index contributed by atoms with van der Waals surface area (Å²) in [5, 5.41) is 7.01. The Kier molecular flexibility index (Phi) is 5.15. The van der Waals surface area contributed by atoms with Crippen LogP contribution >= 0.6 is 27.5 Å². The molecule has 1 aromatic heterocycles. The molecule has 6 rings (SSSR count). The van der Waals surface area contributed by atoms with Gasteiger partial charge < -0.3 is 9.80 Å². The number of nitrogens with zero attached hydrogens (tertiary/aromatic N) is 5. The van der Waals surface area contributed by atoms with Crippen LogP contribution in [0.5, 0.6) is 0 Å². The van der Waals surface area contributed by atoms with Gasteiger partial charge in [-0.3, -0.25) is 4.79 Å². The van der Waals surface area contributed by atoms with Gasteiger partial charge in [-0.05, 0) is 73.5 Å². The number of halogens is 2. The Morgan fingerprint density at radius 3 is 2.68 bits per heavy atom. The minimum atomic E-state index is -0.763. The van der Waals surface area contributed by atoms with Crippen LogP contribution < -0.4 is 14.8 Å². The SMILES string of the molecule is CC1=NN(c2ccc(Cl)cc2)C(=O)[C@]12Cc1cc(Br)ccc1N1CCN(c3ccccn3)C[C@@H]12. The van der Waals surface area contributed by atoms with Gasteiger partial charge in [0.25, 0.3) is 5.91 Å². The first-order valence-corrected chi connectivity index (χ1v) is 12.5. The number of rotatable bonds is 2. The molecule has 0 unspecified atom stereocenters. The van der Waals surface area contributed by atoms with E-state index in [0.717, 1.165) is 40.3 Å². The number of amides is 1. The zero-order valence-corrected chi connectivity index (χ0v) is 21.0. The monoisotopic (exact) mass is 535 g/mol. The summed E-state index contributed by atoms with van der Waals surface area (Å²) in [6.07, 6.45) is 2.43. The van der Waals surface area contributed by atoms with Gasteiger partial charge in [0.1, 0.15) is 11.2 Å². The number of hydrogen-bond donors (Lipinski definition) is 0. The molecular weight excluding hydrogens is 514 g/mol. The number of carbonyl (C=O) groups excluding carboxylic acids is 1. The second-order valence-electron chi connectivity index (χ2n) is 9.04. The highest BCUT2D eigenvalue weighted by Crippen LogP contribution is 2.49. The number of hydrazone groups is 1. The van der Waals surface area contributed by atoms with Gasteiger partial charge in [-0.25, -0.2) is 4.98 Å². The number of pyridine rings is 1. The van der Waals surface area contributed by atoms with Crippen LogP contribution in [0.4, 0.5) is 17.2 Å². The maximum atomic E-state index is 14.3. The molecule has 3 aliphatic rings. The molecule has 1 amide bonds. The predicted octanol–water partition coefficient (Wildman–Crippen LogP) is 5.16. The van der Waals surface area contributed by atoms with Gasteiger partial charge in [0.05, 0.1) is 17.4 Å². The number of aromatic nitrogens is 1. The zero-order valence-electron chi connectivity index (χ0n) is 18.7. The lowest BCUT2D eigenvalue weighted by Crippen LogP contribution is -2.67. The van der Waals surface area contributed by atoms with E-state index < -0.39 is 5.41 Å². The van der Waals surface area contributed by atoms with E-state index in [9.17, 15) is 4.79 Å². The van der Waals surface area contributed by atoms with E-state index in [2.05, 4.69) is 48.9 Å². The molecule has 0 bridgehead atoms. The Balaban J connectivity index is 1.46. The molecular formula is C26H23BrClN5O. The van der Waals surface area contributed by atoms with Crippen LogP contribution in [0.1, 0.15) is 12.5 Å². The van der Waals surface area contributed by atoms with Gasteiger partial charge in [0.15, 0.2) is 0 Å². The van der Waals surface area contributed by atoms with Crippen molar-refractivity contribution in [1.29, 1.82) is 0 Å². The van der Waals surface area contributed by atoms with Crippen molar-refractivity contribution < 1.29 is 4.79 Å². The number of benzene rings is 2. The van der Waals surface area contributed by atoms with Gasteiger partial charge in [0.2, 0.25) is 0 Å². The molecule has 2 atom stereocenters. The highest BCUT2D eigenvalue weighted by molar-refractivity contribution is 9.10. The molecule has 0 N–H and O–H groups in total. The molecule has 8 heteroatoms. The van der Waals surface area contributed by atoms with Crippen LogP contribution in [0.2, 0.25) is 5.02 Å². The average Bonchev–Trinajstić information content (AvgIpc) is 3.10. The fourth-order valence-electron chi connectivity index (χ4n) is 5.61. The first-order valence-electron chi connectivity index (χ1n) is 11.3. The smallest absolute Gasteiger partial charge is 0.261 e. The van der Waals surface area contributed by atoms with Gasteiger partial charge >= 0.3 is 0 Å². The zero-order chi connectivity index (χ0) is 23.4. The van der Waals surface area contributed by atoms with Crippen LogP contribution in [0.25, 0.3) is 0 Å². The summed E-state index contributed by atoms with van der Waals surface area (Å²) in [6, 6.07) is 19.6. The number of carbonyl (C=O) groups is 1. The molecule has 0 saturated carbocycles. The Morgan fingerprint density at radius 1 is 1.09 bits per heavy atom. The predicted molar refractivity (Wildman–Crippen MR) is 140 cm³/mol. The largest absolute Gasteiger partial charge is 0.363 e. The van der Waals surface area contributed by atoms with Gasteiger partial charge in [0, 0.05) is 41.0 Å². The third-order valence-corrected chi connectivity index (χ3v) is 8.03. The maximum Gasteiger partial charge on any atom is 0.261 e. The molecule has 34 heavy (non-hydrogen) atoms. The van der Waals surface area contributed by atoms with Crippen molar-refractivity contribution >= 4 is 56.3 Å². The van der Waals surface area contributed by atoms with Gasteiger partial charge in [-0.15, -0.1) is 0 Å². The Bertz CT molecular complexity index is 1300. The average molecular weight is 537 g/mol.